The number of carbonyl (C=O) groups excluding carboxylic acids is 1. The van der Waals surface area contributed by atoms with E-state index in [2.05, 4.69) is 59.6 Å². The minimum Gasteiger partial charge on any atom is -0.618 e. The number of pyridine rings is 1. The van der Waals surface area contributed by atoms with Gasteiger partial charge in [0.1, 0.15) is 12.4 Å². The van der Waals surface area contributed by atoms with E-state index >= 15 is 0 Å². The quantitative estimate of drug-likeness (QED) is 0.0715. The molecule has 6 rings (SSSR count). The van der Waals surface area contributed by atoms with Crippen LogP contribution in [0.4, 0.5) is 11.4 Å². The molecule has 0 saturated heterocycles. The lowest BCUT2D eigenvalue weighted by atomic mass is 10.00. The number of nitrogens with zero attached hydrogens (tertiary/aromatic N) is 2. The fourth-order valence-corrected chi connectivity index (χ4v) is 6.02. The Labute approximate surface area is 293 Å². The zero-order chi connectivity index (χ0) is 34.7. The number of aromatic nitrogens is 1. The molecule has 1 amide bonds. The number of aliphatic hydroxyl groups excluding tert-OH is 1. The number of hydrogen-bond donors (Lipinski definition) is 2. The lowest BCUT2D eigenvalue weighted by Gasteiger charge is -2.25. The summed E-state index contributed by atoms with van der Waals surface area (Å²) in [5, 5.41) is 25.9. The summed E-state index contributed by atoms with van der Waals surface area (Å²) in [7, 11) is 0. The maximum absolute atomic E-state index is 13.7. The Balaban J connectivity index is 1.20. The van der Waals surface area contributed by atoms with Crippen molar-refractivity contribution in [2.45, 2.75) is 38.8 Å². The van der Waals surface area contributed by atoms with Crippen molar-refractivity contribution in [3.05, 3.63) is 155 Å². The maximum atomic E-state index is 13.7. The summed E-state index contributed by atoms with van der Waals surface area (Å²) >= 11 is 0. The highest BCUT2D eigenvalue weighted by molar-refractivity contribution is 6.07. The van der Waals surface area contributed by atoms with Gasteiger partial charge in [0.15, 0.2) is 12.3 Å². The third-order valence-electron chi connectivity index (χ3n) is 8.80. The van der Waals surface area contributed by atoms with Crippen LogP contribution in [0.5, 0.6) is 5.75 Å². The van der Waals surface area contributed by atoms with Gasteiger partial charge in [-0.15, -0.1) is 0 Å². The number of hydrogen-bond acceptors (Lipinski definition) is 6. The van der Waals surface area contributed by atoms with Crippen LogP contribution in [0, 0.1) is 5.21 Å². The van der Waals surface area contributed by atoms with Crippen LogP contribution < -0.4 is 19.7 Å². The second-order valence-corrected chi connectivity index (χ2v) is 12.4. The van der Waals surface area contributed by atoms with Crippen LogP contribution in [-0.2, 0) is 16.1 Å². The zero-order valence-electron chi connectivity index (χ0n) is 28.3. The zero-order valence-corrected chi connectivity index (χ0v) is 28.3. The fourth-order valence-electron chi connectivity index (χ4n) is 6.02. The summed E-state index contributed by atoms with van der Waals surface area (Å²) in [6.45, 7) is 5.38. The standard InChI is InChI=1S/C42H43N3O5/c1-2-3-25-49-26-27-50-38-19-14-32(15-20-38)34-16-21-39-36(28-34)29-35(22-24-44(39)30-31-9-5-4-6-10-31)42(47)43-37-17-12-33(13-18-37)41(46)40-11-7-8-23-45(40)48/h4-21,23,28-29,41,46H,2-3,22,24-27,30H2,1H3,(H,43,47)/t41-/m0/s1. The van der Waals surface area contributed by atoms with Gasteiger partial charge in [-0.25, -0.2) is 0 Å². The Bertz CT molecular complexity index is 1890. The molecular weight excluding hydrogens is 626 g/mol. The van der Waals surface area contributed by atoms with E-state index in [0.29, 0.717) is 47.7 Å². The van der Waals surface area contributed by atoms with Crippen LogP contribution in [0.3, 0.4) is 0 Å². The highest BCUT2D eigenvalue weighted by Crippen LogP contribution is 2.34. The number of amides is 1. The minimum absolute atomic E-state index is 0.183. The molecule has 0 unspecified atom stereocenters. The van der Waals surface area contributed by atoms with E-state index < -0.39 is 6.10 Å². The summed E-state index contributed by atoms with van der Waals surface area (Å²) in [5.74, 6) is 0.615. The van der Waals surface area contributed by atoms with Gasteiger partial charge in [0, 0.05) is 48.8 Å². The summed E-state index contributed by atoms with van der Waals surface area (Å²) in [6.07, 6.45) is 5.00. The van der Waals surface area contributed by atoms with Crippen molar-refractivity contribution in [2.75, 3.05) is 36.6 Å². The predicted octanol–water partition coefficient (Wildman–Crippen LogP) is 7.70. The van der Waals surface area contributed by atoms with E-state index in [0.717, 1.165) is 54.1 Å². The van der Waals surface area contributed by atoms with Crippen molar-refractivity contribution < 1.29 is 24.1 Å². The molecule has 0 radical (unpaired) electrons. The Morgan fingerprint density at radius 3 is 2.42 bits per heavy atom. The second kappa shape index (κ2) is 16.8. The number of aliphatic hydroxyl groups is 1. The van der Waals surface area contributed by atoms with E-state index in [-0.39, 0.29) is 11.6 Å². The first kappa shape index (κ1) is 34.4. The van der Waals surface area contributed by atoms with Crippen molar-refractivity contribution in [1.29, 1.82) is 0 Å². The lowest BCUT2D eigenvalue weighted by Crippen LogP contribution is -2.32. The molecule has 5 aromatic rings. The van der Waals surface area contributed by atoms with E-state index in [1.807, 2.05) is 36.4 Å². The van der Waals surface area contributed by atoms with Crippen molar-refractivity contribution in [3.8, 4) is 16.9 Å². The number of fused-ring (bicyclic) bond motifs is 1. The van der Waals surface area contributed by atoms with E-state index in [4.69, 9.17) is 9.47 Å². The van der Waals surface area contributed by atoms with Gasteiger partial charge in [-0.05, 0) is 89.2 Å². The van der Waals surface area contributed by atoms with Crippen LogP contribution in [0.25, 0.3) is 17.2 Å². The fraction of sp³-hybridized carbons (Fsp3) is 0.238. The summed E-state index contributed by atoms with van der Waals surface area (Å²) in [5.41, 5.74) is 7.40. The molecule has 0 saturated carbocycles. The normalized spacial score (nSPS) is 13.2. The molecule has 1 aliphatic heterocycles. The molecule has 0 bridgehead atoms. The Hall–Kier alpha value is -5.44. The Morgan fingerprint density at radius 2 is 1.66 bits per heavy atom. The Morgan fingerprint density at radius 1 is 0.900 bits per heavy atom. The lowest BCUT2D eigenvalue weighted by molar-refractivity contribution is -0.617. The minimum atomic E-state index is -1.08. The van der Waals surface area contributed by atoms with Gasteiger partial charge in [-0.2, -0.15) is 4.73 Å². The molecule has 0 fully saturated rings. The number of rotatable bonds is 14. The maximum Gasteiger partial charge on any atom is 0.251 e. The number of carbonyl (C=O) groups is 1. The van der Waals surface area contributed by atoms with Crippen LogP contribution in [0.2, 0.25) is 0 Å². The van der Waals surface area contributed by atoms with E-state index in [9.17, 15) is 15.1 Å². The molecule has 4 aromatic carbocycles. The summed E-state index contributed by atoms with van der Waals surface area (Å²) < 4.78 is 12.1. The summed E-state index contributed by atoms with van der Waals surface area (Å²) in [4.78, 5) is 16.0. The van der Waals surface area contributed by atoms with Crippen molar-refractivity contribution in [2.24, 2.45) is 0 Å². The molecule has 0 spiro atoms. The Kier molecular flexibility index (Phi) is 11.6. The molecule has 8 nitrogen and oxygen atoms in total. The number of nitrogens with one attached hydrogen (secondary N) is 1. The molecular formula is C42H43N3O5. The molecule has 1 atom stereocenters. The third-order valence-corrected chi connectivity index (χ3v) is 8.80. The number of ether oxygens (including phenoxy) is 2. The first-order valence-electron chi connectivity index (χ1n) is 17.2. The van der Waals surface area contributed by atoms with Crippen LogP contribution in [0.1, 0.15) is 54.7 Å². The van der Waals surface area contributed by atoms with Crippen molar-refractivity contribution in [3.63, 3.8) is 0 Å². The topological polar surface area (TPSA) is 98.0 Å². The number of unbranched alkanes of at least 4 members (excludes halogenated alkanes) is 1. The van der Waals surface area contributed by atoms with Gasteiger partial charge in [-0.3, -0.25) is 4.79 Å². The van der Waals surface area contributed by atoms with Crippen LogP contribution in [-0.4, -0.2) is 37.4 Å². The molecule has 50 heavy (non-hydrogen) atoms. The number of benzene rings is 4. The van der Waals surface area contributed by atoms with Crippen molar-refractivity contribution in [1.82, 2.24) is 0 Å². The van der Waals surface area contributed by atoms with Gasteiger partial charge >= 0.3 is 0 Å². The molecule has 0 aliphatic carbocycles. The van der Waals surface area contributed by atoms with Gasteiger partial charge in [-0.1, -0.05) is 74.0 Å². The molecule has 1 aromatic heterocycles. The first-order valence-corrected chi connectivity index (χ1v) is 17.2. The molecule has 256 valence electrons. The van der Waals surface area contributed by atoms with Gasteiger partial charge in [0.05, 0.1) is 6.61 Å². The van der Waals surface area contributed by atoms with Gasteiger partial charge in [0.25, 0.3) is 5.91 Å². The van der Waals surface area contributed by atoms with Crippen LogP contribution in [0.15, 0.2) is 127 Å². The molecule has 2 heterocycles. The van der Waals surface area contributed by atoms with E-state index in [1.165, 1.54) is 11.8 Å². The first-order chi connectivity index (χ1) is 24.5. The average molecular weight is 670 g/mol. The van der Waals surface area contributed by atoms with Gasteiger partial charge < -0.3 is 30.0 Å². The highest BCUT2D eigenvalue weighted by atomic mass is 16.5. The SMILES string of the molecule is CCCCOCCOc1ccc(-c2ccc3c(c2)C=C(C(=O)Nc2ccc([C@H](O)c4cccc[n+]4[O-])cc2)CCN3Cc2ccccc2)cc1. The summed E-state index contributed by atoms with van der Waals surface area (Å²) in [6, 6.07) is 36.7. The molecule has 8 heteroatoms. The van der Waals surface area contributed by atoms with Crippen LogP contribution >= 0.6 is 0 Å². The highest BCUT2D eigenvalue weighted by Gasteiger charge is 2.22. The van der Waals surface area contributed by atoms with E-state index in [1.54, 1.807) is 42.5 Å². The largest absolute Gasteiger partial charge is 0.618 e. The predicted molar refractivity (Wildman–Crippen MR) is 198 cm³/mol. The smallest absolute Gasteiger partial charge is 0.251 e. The molecule has 2 N–H and O–H groups in total. The van der Waals surface area contributed by atoms with Crippen molar-refractivity contribution >= 4 is 23.4 Å². The average Bonchev–Trinajstić information content (AvgIpc) is 3.33. The molecule has 1 aliphatic rings. The number of anilines is 2. The third kappa shape index (κ3) is 8.77. The van der Waals surface area contributed by atoms with Gasteiger partial charge in [0.2, 0.25) is 5.69 Å². The monoisotopic (exact) mass is 669 g/mol. The second-order valence-electron chi connectivity index (χ2n) is 12.4.